The van der Waals surface area contributed by atoms with Crippen molar-refractivity contribution in [2.45, 2.75) is 38.5 Å². The quantitative estimate of drug-likeness (QED) is 0.645. The van der Waals surface area contributed by atoms with Crippen LogP contribution in [0.2, 0.25) is 0 Å². The Morgan fingerprint density at radius 2 is 2.00 bits per heavy atom. The number of amides is 2. The number of aromatic nitrogens is 1. The van der Waals surface area contributed by atoms with E-state index in [0.29, 0.717) is 11.3 Å². The summed E-state index contributed by atoms with van der Waals surface area (Å²) in [5.74, 6) is -3.22. The molecule has 2 heterocycles. The van der Waals surface area contributed by atoms with Crippen molar-refractivity contribution in [1.82, 2.24) is 9.88 Å². The highest BCUT2D eigenvalue weighted by Gasteiger charge is 2.42. The van der Waals surface area contributed by atoms with E-state index in [0.717, 1.165) is 4.90 Å². The number of carboxylic acids is 1. The van der Waals surface area contributed by atoms with Crippen LogP contribution < -0.4 is 5.73 Å². The molecule has 2 atom stereocenters. The van der Waals surface area contributed by atoms with Gasteiger partial charge in [0.25, 0.3) is 5.91 Å². The molecule has 1 aromatic heterocycles. The number of hydrogen-bond acceptors (Lipinski definition) is 5. The van der Waals surface area contributed by atoms with Crippen molar-refractivity contribution < 1.29 is 29.0 Å². The summed E-state index contributed by atoms with van der Waals surface area (Å²) in [6.07, 6.45) is 0.929. The van der Waals surface area contributed by atoms with E-state index in [1.807, 2.05) is 0 Å². The van der Waals surface area contributed by atoms with Gasteiger partial charge in [-0.25, -0.2) is 4.39 Å². The number of carbonyl (C=O) groups excluding carboxylic acids is 2. The predicted octanol–water partition coefficient (Wildman–Crippen LogP) is 1.62. The molecular formula is C20H20FN3O5. The van der Waals surface area contributed by atoms with Gasteiger partial charge in [-0.2, -0.15) is 0 Å². The third kappa shape index (κ3) is 3.68. The first-order valence-corrected chi connectivity index (χ1v) is 8.98. The maximum atomic E-state index is 15.4. The van der Waals surface area contributed by atoms with Crippen molar-refractivity contribution >= 4 is 17.8 Å². The Balaban J connectivity index is 2.03. The summed E-state index contributed by atoms with van der Waals surface area (Å²) in [7, 11) is 0. The van der Waals surface area contributed by atoms with E-state index < -0.39 is 35.7 Å². The lowest BCUT2D eigenvalue weighted by Crippen LogP contribution is -2.46. The maximum absolute atomic E-state index is 15.4. The Kier molecular flexibility index (Phi) is 5.60. The van der Waals surface area contributed by atoms with Crippen molar-refractivity contribution in [3.63, 3.8) is 0 Å². The van der Waals surface area contributed by atoms with E-state index >= 15 is 4.39 Å². The lowest BCUT2D eigenvalue weighted by molar-refractivity contribution is -0.137. The van der Waals surface area contributed by atoms with Gasteiger partial charge in [-0.15, -0.1) is 0 Å². The zero-order valence-corrected chi connectivity index (χ0v) is 15.6. The molecular weight excluding hydrogens is 381 g/mol. The van der Waals surface area contributed by atoms with Crippen LogP contribution in [0.25, 0.3) is 11.3 Å². The lowest BCUT2D eigenvalue weighted by Gasteiger charge is -2.29. The van der Waals surface area contributed by atoms with Crippen LogP contribution >= 0.6 is 0 Å². The standard InChI is InChI=1S/C20H20FN3O5/c1-10-17-13(20(29)24(10)15(19(22)28)4-5-16(26)27)3-2-12(18(17)21)14-8-11(9-25)6-7-23-14/h2-3,6-8,10,15,25H,4-5,9H2,1H3,(H2,22,28)(H,26,27)/t10-,15+/m1/s1. The molecule has 152 valence electrons. The first-order valence-electron chi connectivity index (χ1n) is 8.98. The van der Waals surface area contributed by atoms with Crippen molar-refractivity contribution in [3.8, 4) is 11.3 Å². The average molecular weight is 401 g/mol. The Bertz CT molecular complexity index is 994. The number of aliphatic carboxylic acids is 1. The number of halogens is 1. The first-order chi connectivity index (χ1) is 13.8. The number of rotatable bonds is 7. The average Bonchev–Trinajstić information content (AvgIpc) is 2.93. The summed E-state index contributed by atoms with van der Waals surface area (Å²) >= 11 is 0. The lowest BCUT2D eigenvalue weighted by atomic mass is 9.98. The number of carbonyl (C=O) groups is 3. The number of aliphatic hydroxyl groups excluding tert-OH is 1. The zero-order chi connectivity index (χ0) is 21.3. The molecule has 2 amide bonds. The number of benzene rings is 1. The molecule has 0 saturated carbocycles. The Morgan fingerprint density at radius 1 is 1.31 bits per heavy atom. The van der Waals surface area contributed by atoms with Crippen molar-refractivity contribution in [2.75, 3.05) is 0 Å². The second kappa shape index (κ2) is 7.96. The maximum Gasteiger partial charge on any atom is 0.303 e. The fraction of sp³-hybridized carbons (Fsp3) is 0.300. The van der Waals surface area contributed by atoms with Crippen LogP contribution in [0.1, 0.15) is 47.3 Å². The van der Waals surface area contributed by atoms with Gasteiger partial charge in [0.15, 0.2) is 0 Å². The van der Waals surface area contributed by atoms with E-state index in [1.165, 1.54) is 18.3 Å². The van der Waals surface area contributed by atoms with Crippen molar-refractivity contribution in [1.29, 1.82) is 0 Å². The number of primary amides is 1. The molecule has 9 heteroatoms. The van der Waals surface area contributed by atoms with Gasteiger partial charge in [0.2, 0.25) is 5.91 Å². The van der Waals surface area contributed by atoms with Gasteiger partial charge in [-0.3, -0.25) is 19.4 Å². The minimum Gasteiger partial charge on any atom is -0.481 e. The second-order valence-electron chi connectivity index (χ2n) is 6.83. The van der Waals surface area contributed by atoms with Crippen molar-refractivity contribution in [3.05, 3.63) is 53.0 Å². The fourth-order valence-corrected chi connectivity index (χ4v) is 3.65. The summed E-state index contributed by atoms with van der Waals surface area (Å²) in [6.45, 7) is 1.33. The molecule has 1 aliphatic heterocycles. The molecule has 8 nitrogen and oxygen atoms in total. The monoisotopic (exact) mass is 401 g/mol. The van der Waals surface area contributed by atoms with E-state index in [1.54, 1.807) is 19.1 Å². The molecule has 0 fully saturated rings. The van der Waals surface area contributed by atoms with E-state index in [2.05, 4.69) is 4.98 Å². The van der Waals surface area contributed by atoms with Gasteiger partial charge < -0.3 is 20.8 Å². The minimum absolute atomic E-state index is 0.0960. The van der Waals surface area contributed by atoms with Crippen molar-refractivity contribution in [2.24, 2.45) is 5.73 Å². The van der Waals surface area contributed by atoms with Crippen LogP contribution in [-0.4, -0.2) is 43.9 Å². The molecule has 4 N–H and O–H groups in total. The number of carboxylic acid groups (broad SMARTS) is 1. The van der Waals surface area contributed by atoms with Crippen LogP contribution in [0.15, 0.2) is 30.5 Å². The SMILES string of the molecule is C[C@@H]1c2c(ccc(-c3cc(CO)ccn3)c2F)C(=O)N1[C@@H](CCC(=O)O)C(N)=O. The molecule has 0 spiro atoms. The Labute approximate surface area is 165 Å². The minimum atomic E-state index is -1.17. The molecule has 3 rings (SSSR count). The van der Waals surface area contributed by atoms with Gasteiger partial charge in [0, 0.05) is 29.3 Å². The molecule has 0 unspecified atom stereocenters. The fourth-order valence-electron chi connectivity index (χ4n) is 3.65. The Hall–Kier alpha value is -3.33. The summed E-state index contributed by atoms with van der Waals surface area (Å²) < 4.78 is 15.4. The van der Waals surface area contributed by atoms with Gasteiger partial charge in [-0.05, 0) is 43.2 Å². The number of fused-ring (bicyclic) bond motifs is 1. The predicted molar refractivity (Wildman–Crippen MR) is 100.0 cm³/mol. The normalized spacial score (nSPS) is 16.6. The third-order valence-corrected chi connectivity index (χ3v) is 5.06. The van der Waals surface area contributed by atoms with Crippen LogP contribution in [0.4, 0.5) is 4.39 Å². The van der Waals surface area contributed by atoms with Gasteiger partial charge in [0.05, 0.1) is 18.3 Å². The number of pyridine rings is 1. The van der Waals surface area contributed by atoms with Crippen LogP contribution in [0.5, 0.6) is 0 Å². The molecule has 1 aliphatic rings. The number of hydrogen-bond donors (Lipinski definition) is 3. The number of aliphatic hydroxyl groups is 1. The molecule has 0 saturated heterocycles. The van der Waals surface area contributed by atoms with Crippen LogP contribution in [-0.2, 0) is 16.2 Å². The highest BCUT2D eigenvalue weighted by Crippen LogP contribution is 2.40. The molecule has 1 aromatic carbocycles. The van der Waals surface area contributed by atoms with E-state index in [4.69, 9.17) is 10.8 Å². The topological polar surface area (TPSA) is 134 Å². The smallest absolute Gasteiger partial charge is 0.303 e. The van der Waals surface area contributed by atoms with Crippen LogP contribution in [0.3, 0.4) is 0 Å². The molecule has 29 heavy (non-hydrogen) atoms. The highest BCUT2D eigenvalue weighted by molar-refractivity contribution is 6.02. The van der Waals surface area contributed by atoms with Crippen LogP contribution in [0, 0.1) is 5.82 Å². The van der Waals surface area contributed by atoms with Gasteiger partial charge >= 0.3 is 5.97 Å². The Morgan fingerprint density at radius 3 is 2.62 bits per heavy atom. The largest absolute Gasteiger partial charge is 0.481 e. The number of nitrogens with two attached hydrogens (primary N) is 1. The summed E-state index contributed by atoms with van der Waals surface area (Å²) in [5, 5.41) is 18.2. The van der Waals surface area contributed by atoms with E-state index in [9.17, 15) is 19.5 Å². The first kappa shape index (κ1) is 20.4. The second-order valence-corrected chi connectivity index (χ2v) is 6.83. The molecule has 0 bridgehead atoms. The highest BCUT2D eigenvalue weighted by atomic mass is 19.1. The molecule has 0 aliphatic carbocycles. The third-order valence-electron chi connectivity index (χ3n) is 5.06. The molecule has 0 radical (unpaired) electrons. The molecule has 2 aromatic rings. The van der Waals surface area contributed by atoms with Gasteiger partial charge in [-0.1, -0.05) is 0 Å². The van der Waals surface area contributed by atoms with Gasteiger partial charge in [0.1, 0.15) is 11.9 Å². The zero-order valence-electron chi connectivity index (χ0n) is 15.6. The summed E-state index contributed by atoms with van der Waals surface area (Å²) in [6, 6.07) is 4.03. The summed E-state index contributed by atoms with van der Waals surface area (Å²) in [5.41, 5.74) is 6.61. The summed E-state index contributed by atoms with van der Waals surface area (Å²) in [4.78, 5) is 40.9. The van der Waals surface area contributed by atoms with E-state index in [-0.39, 0.29) is 36.1 Å². The number of nitrogens with zero attached hydrogens (tertiary/aromatic N) is 2.